The standard InChI is InChI=1S/C19H22BrNO2/c1-12(2)16-7-5-6-8-17(16)21-18(22)11-23-19-13(3)9-15(20)10-14(19)4/h5-10,12H,11H2,1-4H3,(H,21,22). The third kappa shape index (κ3) is 4.58. The van der Waals surface area contributed by atoms with Crippen LogP contribution in [0.5, 0.6) is 5.75 Å². The zero-order valence-electron chi connectivity index (χ0n) is 13.9. The first-order chi connectivity index (χ1) is 10.9. The van der Waals surface area contributed by atoms with Crippen LogP contribution in [0.25, 0.3) is 0 Å². The van der Waals surface area contributed by atoms with Gasteiger partial charge in [-0.25, -0.2) is 0 Å². The predicted molar refractivity (Wildman–Crippen MR) is 98.3 cm³/mol. The van der Waals surface area contributed by atoms with Gasteiger partial charge in [0.1, 0.15) is 5.75 Å². The zero-order valence-corrected chi connectivity index (χ0v) is 15.5. The summed E-state index contributed by atoms with van der Waals surface area (Å²) < 4.78 is 6.73. The number of ether oxygens (including phenoxy) is 1. The molecule has 2 aromatic carbocycles. The first kappa shape index (κ1) is 17.5. The Morgan fingerprint density at radius 3 is 2.39 bits per heavy atom. The average molecular weight is 376 g/mol. The molecule has 0 saturated carbocycles. The molecule has 0 unspecified atom stereocenters. The van der Waals surface area contributed by atoms with Gasteiger partial charge in [-0.05, 0) is 54.7 Å². The highest BCUT2D eigenvalue weighted by molar-refractivity contribution is 9.10. The Balaban J connectivity index is 2.04. The molecular formula is C19H22BrNO2. The Kier molecular flexibility index (Phi) is 5.83. The first-order valence-corrected chi connectivity index (χ1v) is 8.46. The van der Waals surface area contributed by atoms with E-state index in [1.54, 1.807) is 0 Å². The number of para-hydroxylation sites is 1. The summed E-state index contributed by atoms with van der Waals surface area (Å²) in [7, 11) is 0. The molecule has 0 aliphatic carbocycles. The molecule has 0 fully saturated rings. The smallest absolute Gasteiger partial charge is 0.262 e. The number of aryl methyl sites for hydroxylation is 2. The number of benzene rings is 2. The number of anilines is 1. The normalized spacial score (nSPS) is 10.7. The average Bonchev–Trinajstić information content (AvgIpc) is 2.46. The van der Waals surface area contributed by atoms with Gasteiger partial charge >= 0.3 is 0 Å². The van der Waals surface area contributed by atoms with Gasteiger partial charge in [-0.15, -0.1) is 0 Å². The van der Waals surface area contributed by atoms with Crippen molar-refractivity contribution in [2.75, 3.05) is 11.9 Å². The predicted octanol–water partition coefficient (Wildman–Crippen LogP) is 5.21. The molecule has 0 aromatic heterocycles. The lowest BCUT2D eigenvalue weighted by molar-refractivity contribution is -0.118. The summed E-state index contributed by atoms with van der Waals surface area (Å²) >= 11 is 3.46. The van der Waals surface area contributed by atoms with Crippen LogP contribution >= 0.6 is 15.9 Å². The summed E-state index contributed by atoms with van der Waals surface area (Å²) in [5.41, 5.74) is 3.98. The van der Waals surface area contributed by atoms with Gasteiger partial charge in [0.05, 0.1) is 0 Å². The third-order valence-corrected chi connectivity index (χ3v) is 4.09. The largest absolute Gasteiger partial charge is 0.483 e. The van der Waals surface area contributed by atoms with E-state index in [4.69, 9.17) is 4.74 Å². The summed E-state index contributed by atoms with van der Waals surface area (Å²) in [6.45, 7) is 8.15. The topological polar surface area (TPSA) is 38.3 Å². The highest BCUT2D eigenvalue weighted by atomic mass is 79.9. The molecule has 0 bridgehead atoms. The van der Waals surface area contributed by atoms with Crippen molar-refractivity contribution in [3.63, 3.8) is 0 Å². The van der Waals surface area contributed by atoms with Gasteiger partial charge in [0.15, 0.2) is 6.61 Å². The van der Waals surface area contributed by atoms with Crippen LogP contribution in [0.2, 0.25) is 0 Å². The van der Waals surface area contributed by atoms with E-state index >= 15 is 0 Å². The van der Waals surface area contributed by atoms with Crippen molar-refractivity contribution >= 4 is 27.5 Å². The number of carbonyl (C=O) groups is 1. The summed E-state index contributed by atoms with van der Waals surface area (Å²) in [4.78, 5) is 12.2. The van der Waals surface area contributed by atoms with Crippen molar-refractivity contribution in [3.05, 3.63) is 57.6 Å². The van der Waals surface area contributed by atoms with Crippen LogP contribution < -0.4 is 10.1 Å². The Morgan fingerprint density at radius 1 is 1.17 bits per heavy atom. The summed E-state index contributed by atoms with van der Waals surface area (Å²) in [6, 6.07) is 11.8. The highest BCUT2D eigenvalue weighted by Gasteiger charge is 2.11. The Bertz CT molecular complexity index is 687. The van der Waals surface area contributed by atoms with Gasteiger partial charge in [-0.3, -0.25) is 4.79 Å². The van der Waals surface area contributed by atoms with E-state index in [0.717, 1.165) is 32.6 Å². The number of nitrogens with one attached hydrogen (secondary N) is 1. The molecule has 0 atom stereocenters. The number of amides is 1. The van der Waals surface area contributed by atoms with Crippen LogP contribution in [0.3, 0.4) is 0 Å². The van der Waals surface area contributed by atoms with Crippen LogP contribution in [-0.2, 0) is 4.79 Å². The number of halogens is 1. The summed E-state index contributed by atoms with van der Waals surface area (Å²) in [5, 5.41) is 2.94. The third-order valence-electron chi connectivity index (χ3n) is 3.63. The second-order valence-electron chi connectivity index (χ2n) is 5.95. The maximum absolute atomic E-state index is 12.2. The second-order valence-corrected chi connectivity index (χ2v) is 6.86. The highest BCUT2D eigenvalue weighted by Crippen LogP contribution is 2.27. The molecule has 1 N–H and O–H groups in total. The molecular weight excluding hydrogens is 354 g/mol. The van der Waals surface area contributed by atoms with Crippen molar-refractivity contribution < 1.29 is 9.53 Å². The van der Waals surface area contributed by atoms with Gasteiger partial charge in [0.2, 0.25) is 0 Å². The Hall–Kier alpha value is -1.81. The molecule has 122 valence electrons. The molecule has 23 heavy (non-hydrogen) atoms. The minimum absolute atomic E-state index is 0.00422. The van der Waals surface area contributed by atoms with Gasteiger partial charge in [0.25, 0.3) is 5.91 Å². The monoisotopic (exact) mass is 375 g/mol. The first-order valence-electron chi connectivity index (χ1n) is 7.66. The molecule has 1 amide bonds. The quantitative estimate of drug-likeness (QED) is 0.778. The zero-order chi connectivity index (χ0) is 17.0. The van der Waals surface area contributed by atoms with Crippen LogP contribution in [-0.4, -0.2) is 12.5 Å². The fourth-order valence-electron chi connectivity index (χ4n) is 2.56. The van der Waals surface area contributed by atoms with Gasteiger partial charge in [-0.1, -0.05) is 48.0 Å². The lowest BCUT2D eigenvalue weighted by Crippen LogP contribution is -2.21. The fraction of sp³-hybridized carbons (Fsp3) is 0.316. The molecule has 4 heteroatoms. The molecule has 2 aromatic rings. The van der Waals surface area contributed by atoms with Crippen LogP contribution in [0.4, 0.5) is 5.69 Å². The van der Waals surface area contributed by atoms with E-state index in [1.165, 1.54) is 0 Å². The van der Waals surface area contributed by atoms with Crippen molar-refractivity contribution in [1.82, 2.24) is 0 Å². The lowest BCUT2D eigenvalue weighted by atomic mass is 10.0. The van der Waals surface area contributed by atoms with Crippen LogP contribution in [0.1, 0.15) is 36.5 Å². The van der Waals surface area contributed by atoms with E-state index < -0.39 is 0 Å². The van der Waals surface area contributed by atoms with E-state index in [-0.39, 0.29) is 12.5 Å². The molecule has 0 aliphatic rings. The summed E-state index contributed by atoms with van der Waals surface area (Å²) in [5.74, 6) is 0.962. The Morgan fingerprint density at radius 2 is 1.78 bits per heavy atom. The van der Waals surface area contributed by atoms with Gasteiger partial charge in [0, 0.05) is 10.2 Å². The van der Waals surface area contributed by atoms with E-state index in [0.29, 0.717) is 5.92 Å². The number of rotatable bonds is 5. The molecule has 0 saturated heterocycles. The second kappa shape index (κ2) is 7.64. The Labute approximate surface area is 146 Å². The minimum Gasteiger partial charge on any atom is -0.483 e. The molecule has 0 spiro atoms. The van der Waals surface area contributed by atoms with Crippen molar-refractivity contribution in [1.29, 1.82) is 0 Å². The van der Waals surface area contributed by atoms with Gasteiger partial charge in [-0.2, -0.15) is 0 Å². The molecule has 0 heterocycles. The minimum atomic E-state index is -0.153. The van der Waals surface area contributed by atoms with Crippen LogP contribution in [0.15, 0.2) is 40.9 Å². The van der Waals surface area contributed by atoms with E-state index in [1.807, 2.05) is 50.2 Å². The SMILES string of the molecule is Cc1cc(Br)cc(C)c1OCC(=O)Nc1ccccc1C(C)C. The van der Waals surface area contributed by atoms with Crippen molar-refractivity contribution in [2.24, 2.45) is 0 Å². The lowest BCUT2D eigenvalue weighted by Gasteiger charge is -2.15. The molecule has 0 aliphatic heterocycles. The van der Waals surface area contributed by atoms with E-state index in [2.05, 4.69) is 35.1 Å². The molecule has 2 rings (SSSR count). The molecule has 3 nitrogen and oxygen atoms in total. The van der Waals surface area contributed by atoms with Crippen LogP contribution in [0, 0.1) is 13.8 Å². The maximum atomic E-state index is 12.2. The maximum Gasteiger partial charge on any atom is 0.262 e. The number of hydrogen-bond acceptors (Lipinski definition) is 2. The number of carbonyl (C=O) groups excluding carboxylic acids is 1. The van der Waals surface area contributed by atoms with Gasteiger partial charge < -0.3 is 10.1 Å². The molecule has 0 radical (unpaired) electrons. The van der Waals surface area contributed by atoms with Crippen molar-refractivity contribution in [3.8, 4) is 5.75 Å². The number of hydrogen-bond donors (Lipinski definition) is 1. The van der Waals surface area contributed by atoms with Crippen molar-refractivity contribution in [2.45, 2.75) is 33.6 Å². The summed E-state index contributed by atoms with van der Waals surface area (Å²) in [6.07, 6.45) is 0. The van der Waals surface area contributed by atoms with E-state index in [9.17, 15) is 4.79 Å². The fourth-order valence-corrected chi connectivity index (χ4v) is 3.25.